The monoisotopic (exact) mass is 344 g/mol. The summed E-state index contributed by atoms with van der Waals surface area (Å²) in [6.45, 7) is 1.38. The molecule has 0 aliphatic carbocycles. The summed E-state index contributed by atoms with van der Waals surface area (Å²) < 4.78 is 40.0. The van der Waals surface area contributed by atoms with Gasteiger partial charge < -0.3 is 15.3 Å². The van der Waals surface area contributed by atoms with Crippen molar-refractivity contribution in [1.82, 2.24) is 10.2 Å². The molecule has 24 heavy (non-hydrogen) atoms. The number of nitrogens with zero attached hydrogens (tertiary/aromatic N) is 1. The van der Waals surface area contributed by atoms with Gasteiger partial charge in [-0.05, 0) is 12.5 Å². The van der Waals surface area contributed by atoms with Crippen LogP contribution in [0.15, 0.2) is 30.3 Å². The second-order valence-electron chi connectivity index (χ2n) is 5.78. The highest BCUT2D eigenvalue weighted by atomic mass is 19.4. The van der Waals surface area contributed by atoms with Crippen molar-refractivity contribution in [1.29, 1.82) is 0 Å². The molecule has 0 saturated carbocycles. The Hall–Kier alpha value is -2.09. The maximum atomic E-state index is 13.3. The molecule has 1 aromatic carbocycles. The number of carbonyl (C=O) groups excluding carboxylic acids is 2. The van der Waals surface area contributed by atoms with Gasteiger partial charge in [-0.1, -0.05) is 30.3 Å². The summed E-state index contributed by atoms with van der Waals surface area (Å²) in [5.74, 6) is -1.57. The normalized spacial score (nSPS) is 20.8. The number of amides is 2. The lowest BCUT2D eigenvalue weighted by molar-refractivity contribution is -0.264. The minimum atomic E-state index is -4.96. The topological polar surface area (TPSA) is 69.6 Å². The van der Waals surface area contributed by atoms with Crippen molar-refractivity contribution < 1.29 is 27.9 Å². The van der Waals surface area contributed by atoms with Crippen molar-refractivity contribution in [3.05, 3.63) is 35.9 Å². The third kappa shape index (κ3) is 3.53. The Morgan fingerprint density at radius 1 is 1.33 bits per heavy atom. The van der Waals surface area contributed by atoms with Crippen LogP contribution >= 0.6 is 0 Å². The fourth-order valence-corrected chi connectivity index (χ4v) is 2.69. The largest absolute Gasteiger partial charge is 0.423 e. The maximum Gasteiger partial charge on any atom is 0.423 e. The van der Waals surface area contributed by atoms with E-state index >= 15 is 0 Å². The van der Waals surface area contributed by atoms with E-state index in [-0.39, 0.29) is 24.4 Å². The fourth-order valence-electron chi connectivity index (χ4n) is 2.69. The molecule has 1 fully saturated rings. The first kappa shape index (κ1) is 18.3. The number of nitrogens with one attached hydrogen (secondary N) is 1. The average Bonchev–Trinajstić information content (AvgIpc) is 2.93. The van der Waals surface area contributed by atoms with Gasteiger partial charge in [0.15, 0.2) is 0 Å². The molecule has 2 amide bonds. The Kier molecular flexibility index (Phi) is 5.17. The van der Waals surface area contributed by atoms with E-state index in [0.29, 0.717) is 6.54 Å². The highest BCUT2D eigenvalue weighted by molar-refractivity contribution is 5.89. The van der Waals surface area contributed by atoms with Crippen LogP contribution in [0.25, 0.3) is 0 Å². The molecule has 2 N–H and O–H groups in total. The van der Waals surface area contributed by atoms with E-state index in [9.17, 15) is 27.9 Å². The van der Waals surface area contributed by atoms with E-state index < -0.39 is 30.1 Å². The lowest BCUT2D eigenvalue weighted by Gasteiger charge is -2.31. The van der Waals surface area contributed by atoms with Gasteiger partial charge in [0.1, 0.15) is 0 Å². The molecule has 1 heterocycles. The number of rotatable bonds is 5. The first-order valence-electron chi connectivity index (χ1n) is 7.59. The van der Waals surface area contributed by atoms with Crippen molar-refractivity contribution in [3.63, 3.8) is 0 Å². The van der Waals surface area contributed by atoms with Gasteiger partial charge in [0.2, 0.25) is 17.4 Å². The molecule has 132 valence electrons. The van der Waals surface area contributed by atoms with Crippen LogP contribution in [0.4, 0.5) is 13.2 Å². The van der Waals surface area contributed by atoms with Crippen LogP contribution in [-0.2, 0) is 15.2 Å². The summed E-state index contributed by atoms with van der Waals surface area (Å²) in [5, 5.41) is 12.3. The maximum absolute atomic E-state index is 13.3. The number of aliphatic hydroxyl groups is 1. The van der Waals surface area contributed by atoms with Gasteiger partial charge in [-0.25, -0.2) is 0 Å². The van der Waals surface area contributed by atoms with Crippen molar-refractivity contribution in [3.8, 4) is 0 Å². The predicted molar refractivity (Wildman–Crippen MR) is 79.8 cm³/mol. The van der Waals surface area contributed by atoms with Crippen molar-refractivity contribution in [2.45, 2.75) is 25.1 Å². The molecule has 1 aliphatic rings. The Bertz CT molecular complexity index is 606. The van der Waals surface area contributed by atoms with E-state index in [2.05, 4.69) is 5.32 Å². The molecule has 0 unspecified atom stereocenters. The first-order chi connectivity index (χ1) is 11.2. The number of hydrogen-bond donors (Lipinski definition) is 2. The summed E-state index contributed by atoms with van der Waals surface area (Å²) in [4.78, 5) is 25.2. The van der Waals surface area contributed by atoms with Crippen LogP contribution in [0.5, 0.6) is 0 Å². The number of carbonyl (C=O) groups is 2. The number of benzene rings is 1. The Balaban J connectivity index is 2.09. The van der Waals surface area contributed by atoms with Gasteiger partial charge in [0, 0.05) is 19.5 Å². The fraction of sp³-hybridized carbons (Fsp3) is 0.500. The number of hydrogen-bond acceptors (Lipinski definition) is 3. The van der Waals surface area contributed by atoms with E-state index in [4.69, 9.17) is 0 Å². The van der Waals surface area contributed by atoms with Crippen LogP contribution in [-0.4, -0.2) is 47.6 Å². The molecule has 5 nitrogen and oxygen atoms in total. The third-order valence-electron chi connectivity index (χ3n) is 4.21. The van der Waals surface area contributed by atoms with Gasteiger partial charge in [-0.15, -0.1) is 0 Å². The highest BCUT2D eigenvalue weighted by Gasteiger charge is 2.55. The summed E-state index contributed by atoms with van der Waals surface area (Å²) in [6, 6.07) is 6.59. The molecule has 1 saturated heterocycles. The van der Waals surface area contributed by atoms with Crippen molar-refractivity contribution in [2.75, 3.05) is 19.6 Å². The zero-order chi connectivity index (χ0) is 18.0. The summed E-state index contributed by atoms with van der Waals surface area (Å²) >= 11 is 0. The molecule has 1 aliphatic heterocycles. The van der Waals surface area contributed by atoms with Crippen LogP contribution in [0.3, 0.4) is 0 Å². The van der Waals surface area contributed by atoms with Gasteiger partial charge in [0.05, 0.1) is 12.5 Å². The lowest BCUT2D eigenvalue weighted by Crippen LogP contribution is -2.52. The summed E-state index contributed by atoms with van der Waals surface area (Å²) in [7, 11) is 0. The molecular weight excluding hydrogens is 325 g/mol. The van der Waals surface area contributed by atoms with E-state index in [1.807, 2.05) is 0 Å². The SMILES string of the molecule is CCN1C[C@@H](C(=O)NC[C@](O)(c2ccccc2)C(F)(F)F)CC1=O. The Morgan fingerprint density at radius 2 is 1.96 bits per heavy atom. The molecule has 8 heteroatoms. The van der Waals surface area contributed by atoms with Gasteiger partial charge in [-0.2, -0.15) is 13.2 Å². The predicted octanol–water partition coefficient (Wildman–Crippen LogP) is 1.42. The molecular formula is C16H19F3N2O3. The van der Waals surface area contributed by atoms with E-state index in [0.717, 1.165) is 12.1 Å². The zero-order valence-electron chi connectivity index (χ0n) is 13.1. The smallest absolute Gasteiger partial charge is 0.375 e. The molecule has 2 atom stereocenters. The number of halogens is 3. The lowest BCUT2D eigenvalue weighted by atomic mass is 9.92. The average molecular weight is 344 g/mol. The van der Waals surface area contributed by atoms with Crippen LogP contribution in [0, 0.1) is 5.92 Å². The van der Waals surface area contributed by atoms with E-state index in [1.54, 1.807) is 6.92 Å². The van der Waals surface area contributed by atoms with Gasteiger partial charge in [0.25, 0.3) is 0 Å². The molecule has 0 radical (unpaired) electrons. The Morgan fingerprint density at radius 3 is 2.46 bits per heavy atom. The van der Waals surface area contributed by atoms with Crippen LogP contribution < -0.4 is 5.32 Å². The molecule has 0 spiro atoms. The minimum absolute atomic E-state index is 0.0323. The Labute approximate surface area is 137 Å². The van der Waals surface area contributed by atoms with Gasteiger partial charge >= 0.3 is 6.18 Å². The minimum Gasteiger partial charge on any atom is -0.375 e. The number of likely N-dealkylation sites (tertiary alicyclic amines) is 1. The van der Waals surface area contributed by atoms with E-state index in [1.165, 1.54) is 23.1 Å². The first-order valence-corrected chi connectivity index (χ1v) is 7.59. The summed E-state index contributed by atoms with van der Waals surface area (Å²) in [5.41, 5.74) is -3.53. The highest BCUT2D eigenvalue weighted by Crippen LogP contribution is 2.38. The zero-order valence-corrected chi connectivity index (χ0v) is 13.1. The standard InChI is InChI=1S/C16H19F3N2O3/c1-2-21-9-11(8-13(21)22)14(23)20-10-15(24,16(17,18)19)12-6-4-3-5-7-12/h3-7,11,24H,2,8-10H2,1H3,(H,20,23)/t11-,15-/m0/s1. The molecule has 1 aromatic rings. The summed E-state index contributed by atoms with van der Waals surface area (Å²) in [6.07, 6.45) is -4.99. The molecule has 0 aromatic heterocycles. The van der Waals surface area contributed by atoms with Gasteiger partial charge in [-0.3, -0.25) is 9.59 Å². The molecule has 0 bridgehead atoms. The second kappa shape index (κ2) is 6.80. The van der Waals surface area contributed by atoms with Crippen LogP contribution in [0.2, 0.25) is 0 Å². The van der Waals surface area contributed by atoms with Crippen molar-refractivity contribution in [2.24, 2.45) is 5.92 Å². The molecule has 2 rings (SSSR count). The quantitative estimate of drug-likeness (QED) is 0.849. The van der Waals surface area contributed by atoms with Crippen molar-refractivity contribution >= 4 is 11.8 Å². The van der Waals surface area contributed by atoms with Crippen LogP contribution in [0.1, 0.15) is 18.9 Å². The number of alkyl halides is 3. The second-order valence-corrected chi connectivity index (χ2v) is 5.78. The third-order valence-corrected chi connectivity index (χ3v) is 4.21.